The molecule has 1 N–H and O–H groups in total. The van der Waals surface area contributed by atoms with Crippen LogP contribution in [0.4, 0.5) is 11.4 Å². The number of nitro groups is 1. The van der Waals surface area contributed by atoms with Crippen LogP contribution in [0.5, 0.6) is 0 Å². The maximum Gasteiger partial charge on any atom is 0.292 e. The summed E-state index contributed by atoms with van der Waals surface area (Å²) >= 11 is 6.58. The van der Waals surface area contributed by atoms with Crippen molar-refractivity contribution >= 4 is 57.6 Å². The molecule has 32 heavy (non-hydrogen) atoms. The van der Waals surface area contributed by atoms with Crippen molar-refractivity contribution in [3.8, 4) is 0 Å². The zero-order valence-corrected chi connectivity index (χ0v) is 18.9. The van der Waals surface area contributed by atoms with Gasteiger partial charge in [-0.3, -0.25) is 24.6 Å². The number of rotatable bonds is 8. The van der Waals surface area contributed by atoms with Gasteiger partial charge >= 0.3 is 0 Å². The van der Waals surface area contributed by atoms with Gasteiger partial charge in [-0.1, -0.05) is 72.5 Å². The van der Waals surface area contributed by atoms with Crippen molar-refractivity contribution in [3.63, 3.8) is 0 Å². The summed E-state index contributed by atoms with van der Waals surface area (Å²) in [5, 5.41) is 13.6. The van der Waals surface area contributed by atoms with Crippen LogP contribution in [0.1, 0.15) is 25.3 Å². The predicted octanol–water partition coefficient (Wildman–Crippen LogP) is 5.16. The number of thioether (sulfide) groups is 1. The highest BCUT2D eigenvalue weighted by molar-refractivity contribution is 8.26. The summed E-state index contributed by atoms with van der Waals surface area (Å²) < 4.78 is 0.452. The van der Waals surface area contributed by atoms with Crippen molar-refractivity contribution in [2.24, 2.45) is 0 Å². The molecule has 2 aromatic carbocycles. The second-order valence-corrected chi connectivity index (χ2v) is 8.73. The molecule has 0 aliphatic carbocycles. The molecule has 0 bridgehead atoms. The van der Waals surface area contributed by atoms with Crippen LogP contribution in [0.3, 0.4) is 0 Å². The summed E-state index contributed by atoms with van der Waals surface area (Å²) in [7, 11) is 0. The number of nitro benzene ring substituents is 1. The first-order valence-electron chi connectivity index (χ1n) is 9.87. The Morgan fingerprint density at radius 3 is 2.59 bits per heavy atom. The number of hydrogen-bond donors (Lipinski definition) is 1. The van der Waals surface area contributed by atoms with Crippen LogP contribution in [0.2, 0.25) is 0 Å². The lowest BCUT2D eigenvalue weighted by molar-refractivity contribution is -0.383. The standard InChI is InChI=1S/C23H21N3O4S2/c1-16(14-17-8-3-2-4-9-17)15-20-22(28)25(23(31)32-20)13-7-12-21(27)24-18-10-5-6-11-19(18)26(29)30/h2-6,8-11,14-15H,7,12-13H2,1H3,(H,24,27)/b16-14+,20-15-. The molecule has 0 spiro atoms. The summed E-state index contributed by atoms with van der Waals surface area (Å²) in [6.07, 6.45) is 4.29. The van der Waals surface area contributed by atoms with Gasteiger partial charge in [-0.05, 0) is 36.6 Å². The molecule has 3 rings (SSSR count). The van der Waals surface area contributed by atoms with Crippen LogP contribution in [-0.2, 0) is 9.59 Å². The monoisotopic (exact) mass is 467 g/mol. The molecule has 2 aromatic rings. The lowest BCUT2D eigenvalue weighted by Crippen LogP contribution is -2.29. The number of carbonyl (C=O) groups excluding carboxylic acids is 2. The summed E-state index contributed by atoms with van der Waals surface area (Å²) in [5.41, 5.74) is 1.96. The fourth-order valence-electron chi connectivity index (χ4n) is 3.10. The molecule has 7 nitrogen and oxygen atoms in total. The zero-order chi connectivity index (χ0) is 23.1. The normalized spacial score (nSPS) is 15.3. The highest BCUT2D eigenvalue weighted by Crippen LogP contribution is 2.32. The number of nitrogens with one attached hydrogen (secondary N) is 1. The first-order valence-corrected chi connectivity index (χ1v) is 11.1. The first-order chi connectivity index (χ1) is 15.3. The molecule has 164 valence electrons. The van der Waals surface area contributed by atoms with E-state index in [0.717, 1.165) is 11.1 Å². The Hall–Kier alpha value is -3.30. The number of benzene rings is 2. The third-order valence-electron chi connectivity index (χ3n) is 4.59. The van der Waals surface area contributed by atoms with E-state index in [1.165, 1.54) is 34.9 Å². The quantitative estimate of drug-likeness (QED) is 0.249. The Morgan fingerprint density at radius 1 is 1.19 bits per heavy atom. The molecule has 0 aromatic heterocycles. The van der Waals surface area contributed by atoms with Crippen molar-refractivity contribution in [2.45, 2.75) is 19.8 Å². The molecule has 9 heteroatoms. The molecule has 1 aliphatic heterocycles. The van der Waals surface area contributed by atoms with Crippen molar-refractivity contribution < 1.29 is 14.5 Å². The topological polar surface area (TPSA) is 92.6 Å². The molecule has 0 saturated carbocycles. The van der Waals surface area contributed by atoms with Crippen molar-refractivity contribution in [1.29, 1.82) is 0 Å². The van der Waals surface area contributed by atoms with E-state index in [-0.39, 0.29) is 29.6 Å². The van der Waals surface area contributed by atoms with Gasteiger partial charge in [-0.2, -0.15) is 0 Å². The van der Waals surface area contributed by atoms with Gasteiger partial charge in [0.25, 0.3) is 11.6 Å². The molecular formula is C23H21N3O4S2. The number of nitrogens with zero attached hydrogens (tertiary/aromatic N) is 2. The Labute approximate surface area is 195 Å². The third-order valence-corrected chi connectivity index (χ3v) is 5.96. The maximum absolute atomic E-state index is 12.7. The average molecular weight is 468 g/mol. The zero-order valence-electron chi connectivity index (χ0n) is 17.3. The Balaban J connectivity index is 1.55. The van der Waals surface area contributed by atoms with E-state index in [1.54, 1.807) is 6.07 Å². The molecule has 1 fully saturated rings. The minimum absolute atomic E-state index is 0.106. The van der Waals surface area contributed by atoms with Gasteiger partial charge in [0.1, 0.15) is 10.0 Å². The van der Waals surface area contributed by atoms with Gasteiger partial charge < -0.3 is 5.32 Å². The van der Waals surface area contributed by atoms with Gasteiger partial charge in [-0.25, -0.2) is 0 Å². The maximum atomic E-state index is 12.7. The fourth-order valence-corrected chi connectivity index (χ4v) is 4.46. The molecule has 1 heterocycles. The third kappa shape index (κ3) is 6.12. The predicted molar refractivity (Wildman–Crippen MR) is 131 cm³/mol. The molecule has 0 atom stereocenters. The van der Waals surface area contributed by atoms with Crippen LogP contribution in [-0.4, -0.2) is 32.5 Å². The summed E-state index contributed by atoms with van der Waals surface area (Å²) in [5.74, 6) is -0.540. The van der Waals surface area contributed by atoms with Crippen molar-refractivity contribution in [1.82, 2.24) is 4.90 Å². The number of carbonyl (C=O) groups is 2. The van der Waals surface area contributed by atoms with Gasteiger partial charge in [0, 0.05) is 19.0 Å². The highest BCUT2D eigenvalue weighted by Gasteiger charge is 2.31. The second kappa shape index (κ2) is 10.8. The first kappa shape index (κ1) is 23.4. The van der Waals surface area contributed by atoms with Crippen LogP contribution in [0.25, 0.3) is 6.08 Å². The molecule has 0 radical (unpaired) electrons. The highest BCUT2D eigenvalue weighted by atomic mass is 32.2. The van der Waals surface area contributed by atoms with E-state index >= 15 is 0 Å². The van der Waals surface area contributed by atoms with Crippen LogP contribution in [0, 0.1) is 10.1 Å². The largest absolute Gasteiger partial charge is 0.320 e. The molecule has 2 amide bonds. The number of allylic oxidation sites excluding steroid dienone is 2. The van der Waals surface area contributed by atoms with Gasteiger partial charge in [0.05, 0.1) is 9.83 Å². The number of amides is 2. The molecular weight excluding hydrogens is 446 g/mol. The Morgan fingerprint density at radius 2 is 1.88 bits per heavy atom. The van der Waals surface area contributed by atoms with E-state index < -0.39 is 4.92 Å². The van der Waals surface area contributed by atoms with Gasteiger partial charge in [-0.15, -0.1) is 0 Å². The minimum atomic E-state index is -0.545. The number of hydrogen-bond acceptors (Lipinski definition) is 6. The lowest BCUT2D eigenvalue weighted by Gasteiger charge is -2.14. The van der Waals surface area contributed by atoms with Crippen LogP contribution < -0.4 is 5.32 Å². The van der Waals surface area contributed by atoms with Gasteiger partial charge in [0.15, 0.2) is 0 Å². The van der Waals surface area contributed by atoms with E-state index in [0.29, 0.717) is 22.2 Å². The van der Waals surface area contributed by atoms with Crippen LogP contribution in [0.15, 0.2) is 71.2 Å². The van der Waals surface area contributed by atoms with E-state index in [1.807, 2.05) is 49.4 Å². The molecule has 1 saturated heterocycles. The number of thiocarbonyl (C=S) groups is 1. The Kier molecular flexibility index (Phi) is 7.91. The summed E-state index contributed by atoms with van der Waals surface area (Å²) in [6, 6.07) is 15.8. The van der Waals surface area contributed by atoms with Crippen molar-refractivity contribution in [3.05, 3.63) is 86.8 Å². The Bertz CT molecular complexity index is 1110. The van der Waals surface area contributed by atoms with E-state index in [9.17, 15) is 19.7 Å². The summed E-state index contributed by atoms with van der Waals surface area (Å²) in [4.78, 5) is 37.5. The second-order valence-electron chi connectivity index (χ2n) is 7.06. The smallest absolute Gasteiger partial charge is 0.292 e. The minimum Gasteiger partial charge on any atom is -0.320 e. The lowest BCUT2D eigenvalue weighted by atomic mass is 10.1. The molecule has 1 aliphatic rings. The van der Waals surface area contributed by atoms with Crippen molar-refractivity contribution in [2.75, 3.05) is 11.9 Å². The summed E-state index contributed by atoms with van der Waals surface area (Å²) in [6.45, 7) is 2.22. The van der Waals surface area contributed by atoms with Crippen LogP contribution >= 0.6 is 24.0 Å². The number of para-hydroxylation sites is 2. The number of anilines is 1. The van der Waals surface area contributed by atoms with Gasteiger partial charge in [0.2, 0.25) is 5.91 Å². The molecule has 0 unspecified atom stereocenters. The van der Waals surface area contributed by atoms with E-state index in [4.69, 9.17) is 12.2 Å². The SMILES string of the molecule is CC(/C=C1\SC(=S)N(CCCC(=O)Nc2ccccc2[N+](=O)[O-])C1=O)=C\c1ccccc1. The average Bonchev–Trinajstić information content (AvgIpc) is 3.01. The van der Waals surface area contributed by atoms with E-state index in [2.05, 4.69) is 5.32 Å². The fraction of sp³-hybridized carbons (Fsp3) is 0.174.